The van der Waals surface area contributed by atoms with Crippen molar-refractivity contribution in [3.05, 3.63) is 0 Å². The van der Waals surface area contributed by atoms with E-state index in [4.69, 9.17) is 9.29 Å². The second-order valence-corrected chi connectivity index (χ2v) is 12.2. The lowest BCUT2D eigenvalue weighted by molar-refractivity contribution is -0.177. The summed E-state index contributed by atoms with van der Waals surface area (Å²) in [4.78, 5) is 24.3. The number of ether oxygens (including phenoxy) is 1. The van der Waals surface area contributed by atoms with Gasteiger partial charge < -0.3 is 9.84 Å². The normalized spacial score (nSPS) is 46.0. The van der Waals surface area contributed by atoms with Crippen LogP contribution in [0.5, 0.6) is 0 Å². The van der Waals surface area contributed by atoms with E-state index < -0.39 is 33.8 Å². The molecule has 4 rings (SSSR count). The summed E-state index contributed by atoms with van der Waals surface area (Å²) in [5.41, 5.74) is -2.11. The van der Waals surface area contributed by atoms with Crippen LogP contribution in [-0.4, -0.2) is 48.1 Å². The first kappa shape index (κ1) is 24.1. The molecule has 0 saturated heterocycles. The molecule has 0 amide bonds. The fraction of sp³-hybridized carbons (Fsp3) is 0.913. The molecule has 9 heteroatoms. The topological polar surface area (TPSA) is 127 Å². The van der Waals surface area contributed by atoms with Gasteiger partial charge in [-0.05, 0) is 86.9 Å². The highest BCUT2D eigenvalue weighted by Crippen LogP contribution is 2.68. The Hall–Kier alpha value is -1.03. The molecular weight excluding hydrogens is 436 g/mol. The standard InChI is InChI=1S/C23H36O8S/c1-14(24)31-16-6-9-21(2)15(12-16)4-5-17-18(21)7-10-22(3)19(17)8-11-23(22,26)20(25)13-30-32(27,28)29/h15-19,26H,4-13H2,1-3H3,(H,27,28,29)/t15-,16+,17+,18-,19-,21-,22-,23-/m0/s1. The molecule has 8 nitrogen and oxygen atoms in total. The van der Waals surface area contributed by atoms with Gasteiger partial charge in [0.1, 0.15) is 18.3 Å². The van der Waals surface area contributed by atoms with Crippen molar-refractivity contribution >= 4 is 22.2 Å². The van der Waals surface area contributed by atoms with E-state index in [0.29, 0.717) is 30.6 Å². The second kappa shape index (κ2) is 8.03. The molecule has 0 unspecified atom stereocenters. The minimum absolute atomic E-state index is 0.00739. The molecule has 0 bridgehead atoms. The summed E-state index contributed by atoms with van der Waals surface area (Å²) in [6.45, 7) is 4.98. The Morgan fingerprint density at radius 3 is 2.34 bits per heavy atom. The van der Waals surface area contributed by atoms with Gasteiger partial charge in [0.05, 0.1) is 0 Å². The molecule has 4 saturated carbocycles. The fourth-order valence-electron chi connectivity index (χ4n) is 8.28. The van der Waals surface area contributed by atoms with Crippen LogP contribution in [0.15, 0.2) is 0 Å². The van der Waals surface area contributed by atoms with E-state index in [1.165, 1.54) is 6.92 Å². The predicted molar refractivity (Wildman–Crippen MR) is 115 cm³/mol. The zero-order valence-corrected chi connectivity index (χ0v) is 20.0. The van der Waals surface area contributed by atoms with Crippen molar-refractivity contribution in [1.29, 1.82) is 0 Å². The zero-order valence-electron chi connectivity index (χ0n) is 19.2. The Morgan fingerprint density at radius 2 is 1.69 bits per heavy atom. The number of hydrogen-bond donors (Lipinski definition) is 2. The lowest BCUT2D eigenvalue weighted by Crippen LogP contribution is -2.59. The number of ketones is 1. The highest BCUT2D eigenvalue weighted by atomic mass is 32.3. The van der Waals surface area contributed by atoms with Gasteiger partial charge in [-0.25, -0.2) is 4.18 Å². The Morgan fingerprint density at radius 1 is 1.00 bits per heavy atom. The number of esters is 1. The van der Waals surface area contributed by atoms with E-state index in [1.54, 1.807) is 0 Å². The minimum Gasteiger partial charge on any atom is -0.463 e. The molecule has 0 radical (unpaired) electrons. The van der Waals surface area contributed by atoms with Gasteiger partial charge in [-0.1, -0.05) is 13.8 Å². The molecule has 32 heavy (non-hydrogen) atoms. The smallest absolute Gasteiger partial charge is 0.397 e. The number of aliphatic hydroxyl groups is 1. The van der Waals surface area contributed by atoms with Gasteiger partial charge in [0.25, 0.3) is 0 Å². The van der Waals surface area contributed by atoms with Crippen molar-refractivity contribution in [2.24, 2.45) is 34.5 Å². The minimum atomic E-state index is -4.74. The maximum absolute atomic E-state index is 12.9. The van der Waals surface area contributed by atoms with Crippen LogP contribution in [0.2, 0.25) is 0 Å². The first-order valence-corrected chi connectivity index (χ1v) is 13.2. The molecule has 182 valence electrons. The summed E-state index contributed by atoms with van der Waals surface area (Å²) >= 11 is 0. The second-order valence-electron chi connectivity index (χ2n) is 11.1. The van der Waals surface area contributed by atoms with Crippen LogP contribution in [0, 0.1) is 34.5 Å². The van der Waals surface area contributed by atoms with Crippen LogP contribution >= 0.6 is 0 Å². The third-order valence-corrected chi connectivity index (χ3v) is 10.3. The van der Waals surface area contributed by atoms with Crippen LogP contribution in [0.3, 0.4) is 0 Å². The summed E-state index contributed by atoms with van der Waals surface area (Å²) in [7, 11) is -4.74. The molecule has 4 fully saturated rings. The quantitative estimate of drug-likeness (QED) is 0.462. The summed E-state index contributed by atoms with van der Waals surface area (Å²) in [6, 6.07) is 0. The summed E-state index contributed by atoms with van der Waals surface area (Å²) in [5, 5.41) is 11.5. The van der Waals surface area contributed by atoms with E-state index in [9.17, 15) is 23.1 Å². The molecular formula is C23H36O8S. The molecule has 8 atom stereocenters. The van der Waals surface area contributed by atoms with Crippen LogP contribution in [0.4, 0.5) is 0 Å². The Labute approximate surface area is 190 Å². The number of carbonyl (C=O) groups excluding carboxylic acids is 2. The molecule has 2 N–H and O–H groups in total. The summed E-state index contributed by atoms with van der Waals surface area (Å²) < 4.78 is 40.5. The maximum Gasteiger partial charge on any atom is 0.397 e. The highest BCUT2D eigenvalue weighted by molar-refractivity contribution is 7.80. The van der Waals surface area contributed by atoms with E-state index >= 15 is 0 Å². The lowest BCUT2D eigenvalue weighted by atomic mass is 9.44. The van der Waals surface area contributed by atoms with Gasteiger partial charge in [0.15, 0.2) is 5.78 Å². The number of carbonyl (C=O) groups is 2. The first-order valence-electron chi connectivity index (χ1n) is 11.8. The van der Waals surface area contributed by atoms with Crippen molar-refractivity contribution < 1.29 is 36.6 Å². The number of rotatable bonds is 5. The maximum atomic E-state index is 12.9. The van der Waals surface area contributed by atoms with Crippen LogP contribution in [0.1, 0.15) is 78.6 Å². The van der Waals surface area contributed by atoms with E-state index in [0.717, 1.165) is 44.9 Å². The third-order valence-electron chi connectivity index (χ3n) is 9.90. The molecule has 0 aliphatic heterocycles. The molecule has 4 aliphatic carbocycles. The van der Waals surface area contributed by atoms with Gasteiger partial charge in [0.2, 0.25) is 0 Å². The molecule has 0 spiro atoms. The molecule has 0 aromatic heterocycles. The van der Waals surface area contributed by atoms with Gasteiger partial charge >= 0.3 is 16.4 Å². The van der Waals surface area contributed by atoms with E-state index in [2.05, 4.69) is 11.1 Å². The zero-order chi connectivity index (χ0) is 23.5. The molecule has 4 aliphatic rings. The first-order chi connectivity index (χ1) is 14.8. The van der Waals surface area contributed by atoms with Gasteiger partial charge in [-0.2, -0.15) is 8.42 Å². The van der Waals surface area contributed by atoms with Gasteiger partial charge in [-0.3, -0.25) is 14.1 Å². The van der Waals surface area contributed by atoms with Crippen molar-refractivity contribution in [2.45, 2.75) is 90.3 Å². The van der Waals surface area contributed by atoms with Crippen molar-refractivity contribution in [1.82, 2.24) is 0 Å². The predicted octanol–water partition coefficient (Wildman–Crippen LogP) is 3.08. The van der Waals surface area contributed by atoms with Gasteiger partial charge in [0, 0.05) is 12.3 Å². The Bertz CT molecular complexity index is 886. The molecule has 0 aromatic carbocycles. The van der Waals surface area contributed by atoms with Crippen LogP contribution in [0.25, 0.3) is 0 Å². The summed E-state index contributed by atoms with van der Waals surface area (Å²) in [5.74, 6) is 0.726. The Balaban J connectivity index is 1.52. The fourth-order valence-corrected chi connectivity index (χ4v) is 8.54. The SMILES string of the molecule is CC(=O)O[C@@H]1CC[C@@]2(C)[C@@H](CC[C@@H]3[C@@H]2CC[C@@]2(C)[C@H]3CC[C@]2(O)C(=O)COS(=O)(=O)O)C1. The number of fused-ring (bicyclic) bond motifs is 5. The van der Waals surface area contributed by atoms with Crippen molar-refractivity contribution in [2.75, 3.05) is 6.61 Å². The highest BCUT2D eigenvalue weighted by Gasteiger charge is 2.66. The number of Topliss-reactive ketones (excluding diaryl/α,β-unsaturated/α-hetero) is 1. The number of hydrogen-bond acceptors (Lipinski definition) is 7. The molecule has 0 aromatic rings. The van der Waals surface area contributed by atoms with E-state index in [-0.39, 0.29) is 23.4 Å². The average molecular weight is 473 g/mol. The summed E-state index contributed by atoms with van der Waals surface area (Å²) in [6.07, 6.45) is 7.54. The largest absolute Gasteiger partial charge is 0.463 e. The van der Waals surface area contributed by atoms with E-state index in [1.807, 2.05) is 6.92 Å². The van der Waals surface area contributed by atoms with Crippen molar-refractivity contribution in [3.63, 3.8) is 0 Å². The molecule has 0 heterocycles. The monoisotopic (exact) mass is 472 g/mol. The average Bonchev–Trinajstić information content (AvgIpc) is 2.97. The van der Waals surface area contributed by atoms with Crippen LogP contribution in [-0.2, 0) is 28.9 Å². The van der Waals surface area contributed by atoms with Gasteiger partial charge in [-0.15, -0.1) is 0 Å². The Kier molecular flexibility index (Phi) is 6.05. The van der Waals surface area contributed by atoms with Crippen molar-refractivity contribution in [3.8, 4) is 0 Å². The lowest BCUT2D eigenvalue weighted by Gasteiger charge is -2.61. The van der Waals surface area contributed by atoms with Crippen LogP contribution < -0.4 is 0 Å². The third kappa shape index (κ3) is 3.83.